The number of rotatable bonds is 6. The van der Waals surface area contributed by atoms with Crippen molar-refractivity contribution < 1.29 is 9.53 Å². The van der Waals surface area contributed by atoms with Gasteiger partial charge in [-0.1, -0.05) is 6.57 Å². The lowest BCUT2D eigenvalue weighted by atomic mass is 10.2. The third-order valence-electron chi connectivity index (χ3n) is 6.48. The molecule has 5 rings (SSSR count). The molecule has 0 aromatic carbocycles. The molecule has 11 heteroatoms. The van der Waals surface area contributed by atoms with E-state index in [0.717, 1.165) is 25.1 Å². The van der Waals surface area contributed by atoms with Gasteiger partial charge in [-0.25, -0.2) is 9.97 Å². The zero-order valence-corrected chi connectivity index (χ0v) is 21.1. The lowest BCUT2D eigenvalue weighted by Crippen LogP contribution is -2.34. The number of likely N-dealkylation sites (N-methyl/N-ethyl adjacent to an activating group) is 1. The molecule has 11 nitrogen and oxygen atoms in total. The van der Waals surface area contributed by atoms with Gasteiger partial charge in [-0.05, 0) is 51.2 Å². The van der Waals surface area contributed by atoms with Crippen molar-refractivity contribution in [3.8, 4) is 11.6 Å². The molecular formula is C26H27N9O2. The van der Waals surface area contributed by atoms with Crippen LogP contribution in [0.4, 0.5) is 17.3 Å². The van der Waals surface area contributed by atoms with E-state index >= 15 is 0 Å². The molecule has 1 aliphatic rings. The molecule has 4 aromatic heterocycles. The van der Waals surface area contributed by atoms with E-state index in [1.807, 2.05) is 33.0 Å². The molecule has 0 aliphatic carbocycles. The zero-order valence-electron chi connectivity index (χ0n) is 21.1. The van der Waals surface area contributed by atoms with Crippen LogP contribution in [0, 0.1) is 13.5 Å². The summed E-state index contributed by atoms with van der Waals surface area (Å²) in [5.74, 6) is 1.70. The largest absolute Gasteiger partial charge is 0.435 e. The Morgan fingerprint density at radius 2 is 2.05 bits per heavy atom. The van der Waals surface area contributed by atoms with Crippen molar-refractivity contribution >= 4 is 34.4 Å². The smallest absolute Gasteiger partial charge is 0.269 e. The number of aromatic nitrogens is 5. The topological polar surface area (TPSA) is 106 Å². The van der Waals surface area contributed by atoms with Crippen LogP contribution < -0.4 is 10.1 Å². The van der Waals surface area contributed by atoms with E-state index in [4.69, 9.17) is 11.3 Å². The highest BCUT2D eigenvalue weighted by Gasteiger charge is 2.28. The first kappa shape index (κ1) is 24.1. The summed E-state index contributed by atoms with van der Waals surface area (Å²) in [7, 11) is 5.93. The van der Waals surface area contributed by atoms with Crippen molar-refractivity contribution in [2.24, 2.45) is 7.05 Å². The van der Waals surface area contributed by atoms with E-state index < -0.39 is 0 Å². The summed E-state index contributed by atoms with van der Waals surface area (Å²) in [4.78, 5) is 37.9. The molecule has 0 radical (unpaired) electrons. The summed E-state index contributed by atoms with van der Waals surface area (Å²) in [6.07, 6.45) is 5.76. The summed E-state index contributed by atoms with van der Waals surface area (Å²) in [5.41, 5.74) is 3.27. The molecule has 37 heavy (non-hydrogen) atoms. The number of likely N-dealkylation sites (tertiary alicyclic amines) is 1. The Balaban J connectivity index is 1.37. The molecule has 1 amide bonds. The van der Waals surface area contributed by atoms with Gasteiger partial charge in [0.2, 0.25) is 5.88 Å². The Hall–Kier alpha value is -4.56. The van der Waals surface area contributed by atoms with Crippen LogP contribution in [0.3, 0.4) is 0 Å². The summed E-state index contributed by atoms with van der Waals surface area (Å²) < 4.78 is 7.82. The lowest BCUT2D eigenvalue weighted by Gasteiger charge is -2.20. The second-order valence-corrected chi connectivity index (χ2v) is 9.27. The van der Waals surface area contributed by atoms with Gasteiger partial charge in [-0.3, -0.25) is 4.79 Å². The minimum Gasteiger partial charge on any atom is -0.435 e. The normalized spacial score (nSPS) is 15.2. The van der Waals surface area contributed by atoms with E-state index in [1.54, 1.807) is 41.4 Å². The molecule has 1 fully saturated rings. The summed E-state index contributed by atoms with van der Waals surface area (Å²) in [6.45, 7) is 10.4. The standard InChI is InChI=1S/C26H27N9O2/c1-16-10-22(27-2)29-13-20(16)37-23-11-19(24-25(32-23)34(5)15-30-24)31-21-7-6-17(12-28-21)26(36)35-9-8-18(14-35)33(3)4/h6-7,10-13,15,18H,8-9,14H2,1,3-5H3,(H,28,31,32)/t18-/m1/s1. The van der Waals surface area contributed by atoms with Crippen molar-refractivity contribution in [2.45, 2.75) is 19.4 Å². The number of anilines is 2. The van der Waals surface area contributed by atoms with Gasteiger partial charge in [0.15, 0.2) is 17.6 Å². The number of carbonyl (C=O) groups excluding carboxylic acids is 1. The van der Waals surface area contributed by atoms with Gasteiger partial charge in [0.05, 0.1) is 17.6 Å². The number of ether oxygens (including phenoxy) is 1. The van der Waals surface area contributed by atoms with E-state index in [1.165, 1.54) is 6.20 Å². The number of aryl methyl sites for hydroxylation is 2. The van der Waals surface area contributed by atoms with Gasteiger partial charge in [0.1, 0.15) is 11.3 Å². The second kappa shape index (κ2) is 9.83. The number of pyridine rings is 3. The van der Waals surface area contributed by atoms with Crippen molar-refractivity contribution in [3.63, 3.8) is 0 Å². The van der Waals surface area contributed by atoms with Gasteiger partial charge in [-0.2, -0.15) is 4.98 Å². The number of carbonyl (C=O) groups is 1. The summed E-state index contributed by atoms with van der Waals surface area (Å²) in [5, 5.41) is 3.28. The van der Waals surface area contributed by atoms with Crippen LogP contribution in [-0.2, 0) is 7.05 Å². The average molecular weight is 498 g/mol. The predicted octanol–water partition coefficient (Wildman–Crippen LogP) is 3.93. The van der Waals surface area contributed by atoms with Crippen LogP contribution in [-0.4, -0.2) is 73.4 Å². The number of nitrogens with one attached hydrogen (secondary N) is 1. The molecule has 1 N–H and O–H groups in total. The fourth-order valence-electron chi connectivity index (χ4n) is 4.29. The molecule has 0 spiro atoms. The highest BCUT2D eigenvalue weighted by atomic mass is 16.5. The predicted molar refractivity (Wildman–Crippen MR) is 139 cm³/mol. The van der Waals surface area contributed by atoms with Gasteiger partial charge in [-0.15, -0.1) is 4.98 Å². The molecule has 0 unspecified atom stereocenters. The first-order valence-electron chi connectivity index (χ1n) is 11.8. The van der Waals surface area contributed by atoms with E-state index in [0.29, 0.717) is 51.7 Å². The lowest BCUT2D eigenvalue weighted by molar-refractivity contribution is 0.0782. The highest BCUT2D eigenvalue weighted by molar-refractivity contribution is 5.94. The first-order valence-corrected chi connectivity index (χ1v) is 11.8. The van der Waals surface area contributed by atoms with E-state index in [2.05, 4.69) is 35.0 Å². The van der Waals surface area contributed by atoms with Crippen LogP contribution in [0.2, 0.25) is 0 Å². The average Bonchev–Trinajstić information content (AvgIpc) is 3.53. The monoisotopic (exact) mass is 497 g/mol. The minimum absolute atomic E-state index is 0.0108. The Morgan fingerprint density at radius 3 is 2.73 bits per heavy atom. The van der Waals surface area contributed by atoms with Crippen molar-refractivity contribution in [2.75, 3.05) is 32.5 Å². The number of fused-ring (bicyclic) bond motifs is 1. The molecule has 1 aliphatic heterocycles. The van der Waals surface area contributed by atoms with E-state index in [9.17, 15) is 4.79 Å². The van der Waals surface area contributed by atoms with Crippen molar-refractivity contribution in [1.82, 2.24) is 34.3 Å². The van der Waals surface area contributed by atoms with Gasteiger partial charge >= 0.3 is 0 Å². The summed E-state index contributed by atoms with van der Waals surface area (Å²) in [6, 6.07) is 7.35. The zero-order chi connectivity index (χ0) is 26.1. The van der Waals surface area contributed by atoms with Crippen molar-refractivity contribution in [3.05, 3.63) is 65.5 Å². The third kappa shape index (κ3) is 4.92. The highest BCUT2D eigenvalue weighted by Crippen LogP contribution is 2.31. The van der Waals surface area contributed by atoms with Crippen LogP contribution in [0.25, 0.3) is 16.0 Å². The maximum Gasteiger partial charge on any atom is 0.269 e. The quantitative estimate of drug-likeness (QED) is 0.400. The maximum absolute atomic E-state index is 12.9. The Bertz CT molecular complexity index is 1510. The molecule has 0 saturated carbocycles. The first-order chi connectivity index (χ1) is 17.8. The molecule has 1 atom stereocenters. The second-order valence-electron chi connectivity index (χ2n) is 9.27. The minimum atomic E-state index is -0.0108. The van der Waals surface area contributed by atoms with Gasteiger partial charge < -0.3 is 29.3 Å². The molecule has 0 bridgehead atoms. The molecule has 4 aromatic rings. The fourth-order valence-corrected chi connectivity index (χ4v) is 4.29. The molecule has 188 valence electrons. The van der Waals surface area contributed by atoms with Crippen LogP contribution in [0.1, 0.15) is 22.3 Å². The Kier molecular flexibility index (Phi) is 6.42. The maximum atomic E-state index is 12.9. The number of hydrogen-bond acceptors (Lipinski definition) is 8. The number of hydrogen-bond donors (Lipinski definition) is 1. The molecular weight excluding hydrogens is 470 g/mol. The van der Waals surface area contributed by atoms with Crippen molar-refractivity contribution in [1.29, 1.82) is 0 Å². The summed E-state index contributed by atoms with van der Waals surface area (Å²) >= 11 is 0. The number of imidazole rings is 1. The van der Waals surface area contributed by atoms with Crippen LogP contribution in [0.5, 0.6) is 11.6 Å². The van der Waals surface area contributed by atoms with Crippen LogP contribution >= 0.6 is 0 Å². The SMILES string of the molecule is [C-]#[N+]c1cc(C)c(Oc2cc(Nc3ccc(C(=O)N4CC[C@@H](N(C)C)C4)cn3)c3ncn(C)c3n2)cn1. The Labute approximate surface area is 214 Å². The Morgan fingerprint density at radius 1 is 1.22 bits per heavy atom. The van der Waals surface area contributed by atoms with Gasteiger partial charge in [0, 0.05) is 38.4 Å². The number of amides is 1. The third-order valence-corrected chi connectivity index (χ3v) is 6.48. The van der Waals surface area contributed by atoms with Gasteiger partial charge in [0.25, 0.3) is 11.7 Å². The number of nitrogens with zero attached hydrogens (tertiary/aromatic N) is 8. The fraction of sp³-hybridized carbons (Fsp3) is 0.308. The van der Waals surface area contributed by atoms with E-state index in [-0.39, 0.29) is 5.91 Å². The van der Waals surface area contributed by atoms with Crippen LogP contribution in [0.15, 0.2) is 43.0 Å². The molecule has 5 heterocycles. The molecule has 1 saturated heterocycles.